The Balaban J connectivity index is 2.08. The van der Waals surface area contributed by atoms with Crippen LogP contribution in [0.5, 0.6) is 5.75 Å². The molecule has 0 N–H and O–H groups in total. The summed E-state index contributed by atoms with van der Waals surface area (Å²) in [5.41, 5.74) is 1.15. The van der Waals surface area contributed by atoms with E-state index in [0.717, 1.165) is 17.7 Å². The van der Waals surface area contributed by atoms with Crippen LogP contribution in [-0.4, -0.2) is 19.5 Å². The van der Waals surface area contributed by atoms with E-state index in [9.17, 15) is 0 Å². The first kappa shape index (κ1) is 13.4. The van der Waals surface area contributed by atoms with E-state index in [0.29, 0.717) is 13.2 Å². The molecule has 2 aromatic carbocycles. The standard InChI is InChI=1S/C17H20O3/c1-3-18-15-11-16(19-4-2)20-14-10-9-12-7-5-6-8-13(12)17(14)15/h5-10,15-16H,3-4,11H2,1-2H3. The van der Waals surface area contributed by atoms with Gasteiger partial charge in [0.25, 0.3) is 0 Å². The average molecular weight is 272 g/mol. The first-order valence-electron chi connectivity index (χ1n) is 7.25. The second kappa shape index (κ2) is 5.81. The van der Waals surface area contributed by atoms with Gasteiger partial charge in [-0.2, -0.15) is 0 Å². The van der Waals surface area contributed by atoms with Crippen LogP contribution in [0.2, 0.25) is 0 Å². The topological polar surface area (TPSA) is 27.7 Å². The lowest BCUT2D eigenvalue weighted by Gasteiger charge is -2.32. The molecule has 20 heavy (non-hydrogen) atoms. The van der Waals surface area contributed by atoms with Crippen LogP contribution in [0.1, 0.15) is 31.9 Å². The summed E-state index contributed by atoms with van der Waals surface area (Å²) < 4.78 is 17.5. The molecular formula is C17H20O3. The largest absolute Gasteiger partial charge is 0.464 e. The SMILES string of the molecule is CCOC1CC(OCC)c2c(ccc3ccccc23)O1. The van der Waals surface area contributed by atoms with Gasteiger partial charge in [-0.05, 0) is 30.7 Å². The van der Waals surface area contributed by atoms with E-state index in [4.69, 9.17) is 14.2 Å². The van der Waals surface area contributed by atoms with E-state index in [1.54, 1.807) is 0 Å². The third-order valence-electron chi connectivity index (χ3n) is 3.64. The Morgan fingerprint density at radius 2 is 1.85 bits per heavy atom. The lowest BCUT2D eigenvalue weighted by atomic mass is 9.95. The molecule has 0 spiro atoms. The fraction of sp³-hybridized carbons (Fsp3) is 0.412. The van der Waals surface area contributed by atoms with Gasteiger partial charge in [-0.15, -0.1) is 0 Å². The Bertz CT molecular complexity index is 594. The van der Waals surface area contributed by atoms with Crippen molar-refractivity contribution in [3.05, 3.63) is 42.0 Å². The maximum Gasteiger partial charge on any atom is 0.202 e. The van der Waals surface area contributed by atoms with Crippen molar-refractivity contribution in [2.45, 2.75) is 32.7 Å². The Morgan fingerprint density at radius 1 is 1.05 bits per heavy atom. The van der Waals surface area contributed by atoms with E-state index >= 15 is 0 Å². The molecule has 0 aromatic heterocycles. The zero-order chi connectivity index (χ0) is 13.9. The van der Waals surface area contributed by atoms with Crippen molar-refractivity contribution in [3.63, 3.8) is 0 Å². The van der Waals surface area contributed by atoms with Crippen molar-refractivity contribution >= 4 is 10.8 Å². The molecule has 0 fully saturated rings. The van der Waals surface area contributed by atoms with Gasteiger partial charge in [-0.25, -0.2) is 0 Å². The van der Waals surface area contributed by atoms with Crippen LogP contribution >= 0.6 is 0 Å². The fourth-order valence-corrected chi connectivity index (χ4v) is 2.83. The normalized spacial score (nSPS) is 21.5. The quantitative estimate of drug-likeness (QED) is 0.840. The predicted molar refractivity (Wildman–Crippen MR) is 79.0 cm³/mol. The summed E-state index contributed by atoms with van der Waals surface area (Å²) in [5.74, 6) is 0.881. The van der Waals surface area contributed by atoms with Gasteiger partial charge in [-0.1, -0.05) is 30.3 Å². The minimum absolute atomic E-state index is 0.0337. The Hall–Kier alpha value is -1.58. The predicted octanol–water partition coefficient (Wildman–Crippen LogP) is 4.06. The molecule has 0 saturated carbocycles. The van der Waals surface area contributed by atoms with E-state index in [1.807, 2.05) is 19.9 Å². The van der Waals surface area contributed by atoms with E-state index in [2.05, 4.69) is 30.3 Å². The molecule has 2 unspecified atom stereocenters. The third kappa shape index (κ3) is 2.39. The first-order chi connectivity index (χ1) is 9.83. The number of hydrogen-bond donors (Lipinski definition) is 0. The first-order valence-corrected chi connectivity index (χ1v) is 7.25. The lowest BCUT2D eigenvalue weighted by Crippen LogP contribution is -2.29. The molecule has 0 aliphatic carbocycles. The average Bonchev–Trinajstić information content (AvgIpc) is 2.47. The number of hydrogen-bond acceptors (Lipinski definition) is 3. The van der Waals surface area contributed by atoms with Gasteiger partial charge < -0.3 is 14.2 Å². The smallest absolute Gasteiger partial charge is 0.202 e. The van der Waals surface area contributed by atoms with Gasteiger partial charge in [0.15, 0.2) is 0 Å². The maximum atomic E-state index is 5.95. The van der Waals surface area contributed by atoms with Crippen LogP contribution in [0.25, 0.3) is 10.8 Å². The van der Waals surface area contributed by atoms with Gasteiger partial charge in [0, 0.05) is 25.2 Å². The van der Waals surface area contributed by atoms with Crippen molar-refractivity contribution in [2.24, 2.45) is 0 Å². The highest BCUT2D eigenvalue weighted by atomic mass is 16.7. The van der Waals surface area contributed by atoms with Crippen molar-refractivity contribution < 1.29 is 14.2 Å². The molecule has 1 heterocycles. The molecule has 0 amide bonds. The Morgan fingerprint density at radius 3 is 2.65 bits per heavy atom. The van der Waals surface area contributed by atoms with Crippen molar-refractivity contribution in [1.82, 2.24) is 0 Å². The van der Waals surface area contributed by atoms with Gasteiger partial charge in [0.05, 0.1) is 6.10 Å². The summed E-state index contributed by atoms with van der Waals surface area (Å²) >= 11 is 0. The molecule has 106 valence electrons. The van der Waals surface area contributed by atoms with Crippen molar-refractivity contribution in [3.8, 4) is 5.75 Å². The zero-order valence-corrected chi connectivity index (χ0v) is 12.0. The minimum atomic E-state index is -0.217. The highest BCUT2D eigenvalue weighted by molar-refractivity contribution is 5.88. The highest BCUT2D eigenvalue weighted by Gasteiger charge is 2.30. The highest BCUT2D eigenvalue weighted by Crippen LogP contribution is 2.41. The number of fused-ring (bicyclic) bond motifs is 3. The van der Waals surface area contributed by atoms with Gasteiger partial charge in [0.1, 0.15) is 5.75 Å². The van der Waals surface area contributed by atoms with Gasteiger partial charge >= 0.3 is 0 Å². The molecule has 3 rings (SSSR count). The number of ether oxygens (including phenoxy) is 3. The van der Waals surface area contributed by atoms with E-state index < -0.39 is 0 Å². The summed E-state index contributed by atoms with van der Waals surface area (Å²) in [7, 11) is 0. The number of rotatable bonds is 4. The molecular weight excluding hydrogens is 252 g/mol. The van der Waals surface area contributed by atoms with Crippen LogP contribution in [-0.2, 0) is 9.47 Å². The summed E-state index contributed by atoms with van der Waals surface area (Å²) in [6, 6.07) is 12.5. The maximum absolute atomic E-state index is 5.95. The second-order valence-electron chi connectivity index (χ2n) is 4.88. The minimum Gasteiger partial charge on any atom is -0.464 e. The molecule has 2 aromatic rings. The molecule has 0 saturated heterocycles. The van der Waals surface area contributed by atoms with Crippen molar-refractivity contribution in [2.75, 3.05) is 13.2 Å². The van der Waals surface area contributed by atoms with Crippen LogP contribution in [0.15, 0.2) is 36.4 Å². The summed E-state index contributed by atoms with van der Waals surface area (Å²) in [4.78, 5) is 0. The van der Waals surface area contributed by atoms with E-state index in [1.165, 1.54) is 10.8 Å². The van der Waals surface area contributed by atoms with Gasteiger partial charge in [-0.3, -0.25) is 0 Å². The summed E-state index contributed by atoms with van der Waals surface area (Å²) in [5, 5.41) is 2.42. The van der Waals surface area contributed by atoms with Crippen LogP contribution in [0.4, 0.5) is 0 Å². The Kier molecular flexibility index (Phi) is 3.90. The van der Waals surface area contributed by atoms with Crippen LogP contribution < -0.4 is 4.74 Å². The van der Waals surface area contributed by atoms with Crippen molar-refractivity contribution in [1.29, 1.82) is 0 Å². The van der Waals surface area contributed by atoms with E-state index in [-0.39, 0.29) is 12.4 Å². The van der Waals surface area contributed by atoms with Crippen LogP contribution in [0.3, 0.4) is 0 Å². The zero-order valence-electron chi connectivity index (χ0n) is 12.0. The Labute approximate surface area is 119 Å². The third-order valence-corrected chi connectivity index (χ3v) is 3.64. The molecule has 3 heteroatoms. The second-order valence-corrected chi connectivity index (χ2v) is 4.88. The lowest BCUT2D eigenvalue weighted by molar-refractivity contribution is -0.121. The molecule has 2 atom stereocenters. The molecule has 1 aliphatic rings. The molecule has 0 bridgehead atoms. The molecule has 0 radical (unpaired) electrons. The fourth-order valence-electron chi connectivity index (χ4n) is 2.83. The molecule has 1 aliphatic heterocycles. The number of benzene rings is 2. The van der Waals surface area contributed by atoms with Gasteiger partial charge in [0.2, 0.25) is 6.29 Å². The van der Waals surface area contributed by atoms with Crippen LogP contribution in [0, 0.1) is 0 Å². The monoisotopic (exact) mass is 272 g/mol. The summed E-state index contributed by atoms with van der Waals surface area (Å²) in [6.07, 6.45) is 0.555. The summed E-state index contributed by atoms with van der Waals surface area (Å²) in [6.45, 7) is 5.34. The molecule has 3 nitrogen and oxygen atoms in total.